The fraction of sp³-hybridized carbons (Fsp3) is 0.600. The van der Waals surface area contributed by atoms with Gasteiger partial charge in [0.2, 0.25) is 5.91 Å². The Balaban J connectivity index is 1.60. The van der Waals surface area contributed by atoms with Crippen LogP contribution >= 0.6 is 0 Å². The zero-order valence-corrected chi connectivity index (χ0v) is 15.8. The smallest absolute Gasteiger partial charge is 0.242 e. The molecule has 26 heavy (non-hydrogen) atoms. The number of morpholine rings is 1. The summed E-state index contributed by atoms with van der Waals surface area (Å²) in [6.45, 7) is 8.96. The van der Waals surface area contributed by atoms with E-state index in [2.05, 4.69) is 30.3 Å². The molecule has 0 bridgehead atoms. The number of aromatic nitrogens is 2. The number of rotatable bonds is 3. The highest BCUT2D eigenvalue weighted by Gasteiger charge is 2.47. The van der Waals surface area contributed by atoms with Crippen LogP contribution in [0, 0.1) is 0 Å². The number of hydrogen-bond donors (Lipinski definition) is 0. The maximum absolute atomic E-state index is 13.2. The average Bonchev–Trinajstić information content (AvgIpc) is 3.18. The highest BCUT2D eigenvalue weighted by atomic mass is 16.6. The van der Waals surface area contributed by atoms with Gasteiger partial charge in [0.15, 0.2) is 0 Å². The average molecular weight is 357 g/mol. The fourth-order valence-electron chi connectivity index (χ4n) is 4.29. The van der Waals surface area contributed by atoms with Gasteiger partial charge in [0.25, 0.3) is 0 Å². The van der Waals surface area contributed by atoms with Crippen molar-refractivity contribution in [2.24, 2.45) is 0 Å². The third-order valence-electron chi connectivity index (χ3n) is 5.31. The van der Waals surface area contributed by atoms with Gasteiger partial charge in [0.05, 0.1) is 29.8 Å². The van der Waals surface area contributed by atoms with E-state index in [9.17, 15) is 4.79 Å². The van der Waals surface area contributed by atoms with E-state index in [0.717, 1.165) is 29.7 Å². The Morgan fingerprint density at radius 3 is 2.81 bits per heavy atom. The maximum Gasteiger partial charge on any atom is 0.242 e. The molecule has 0 aliphatic carbocycles. The number of carbonyl (C=O) groups excluding carboxylic acids is 1. The largest absolute Gasteiger partial charge is 0.378 e. The maximum atomic E-state index is 13.2. The third kappa shape index (κ3) is 3.12. The number of hydrogen-bond acceptors (Lipinski definition) is 4. The molecule has 6 heteroatoms. The van der Waals surface area contributed by atoms with E-state index in [0.29, 0.717) is 32.8 Å². The Labute approximate surface area is 154 Å². The lowest BCUT2D eigenvalue weighted by Crippen LogP contribution is -2.61. The van der Waals surface area contributed by atoms with Crippen LogP contribution in [-0.2, 0) is 27.2 Å². The summed E-state index contributed by atoms with van der Waals surface area (Å²) in [6.07, 6.45) is 1.64. The molecule has 2 aliphatic rings. The molecule has 0 N–H and O–H groups in total. The summed E-state index contributed by atoms with van der Waals surface area (Å²) in [5, 5.41) is 0. The zero-order chi connectivity index (χ0) is 18.4. The molecule has 1 aromatic carbocycles. The number of para-hydroxylation sites is 2. The molecule has 3 heterocycles. The molecule has 140 valence electrons. The van der Waals surface area contributed by atoms with Gasteiger partial charge in [-0.1, -0.05) is 19.1 Å². The second kappa shape index (κ2) is 6.35. The number of carbonyl (C=O) groups is 1. The molecule has 0 saturated carbocycles. The molecule has 1 atom stereocenters. The summed E-state index contributed by atoms with van der Waals surface area (Å²) >= 11 is 0. The van der Waals surface area contributed by atoms with Crippen molar-refractivity contribution in [3.8, 4) is 0 Å². The molecule has 2 fully saturated rings. The monoisotopic (exact) mass is 357 g/mol. The summed E-state index contributed by atoms with van der Waals surface area (Å²) in [5.74, 6) is 1.07. The number of imidazole rings is 1. The quantitative estimate of drug-likeness (QED) is 0.846. The van der Waals surface area contributed by atoms with Gasteiger partial charge in [0, 0.05) is 26.0 Å². The first-order chi connectivity index (χ1) is 12.4. The second-order valence-electron chi connectivity index (χ2n) is 8.05. The summed E-state index contributed by atoms with van der Waals surface area (Å²) in [4.78, 5) is 19.8. The van der Waals surface area contributed by atoms with Gasteiger partial charge in [-0.25, -0.2) is 4.98 Å². The van der Waals surface area contributed by atoms with Crippen LogP contribution in [0.3, 0.4) is 0 Å². The lowest BCUT2D eigenvalue weighted by atomic mass is 9.95. The first kappa shape index (κ1) is 17.5. The van der Waals surface area contributed by atoms with E-state index < -0.39 is 0 Å². The lowest BCUT2D eigenvalue weighted by Gasteiger charge is -2.48. The number of aryl methyl sites for hydroxylation is 1. The standard InChI is InChI=1S/C20H27N3O3/c1-4-17-21-15-7-5-6-8-16(15)23(17)11-18(24)22-12-19(2,3)26-20(13-22)9-10-25-14-20/h5-8H,4,9-14H2,1-3H3. The van der Waals surface area contributed by atoms with Crippen molar-refractivity contribution in [2.75, 3.05) is 26.3 Å². The fourth-order valence-corrected chi connectivity index (χ4v) is 4.29. The molecule has 1 unspecified atom stereocenters. The van der Waals surface area contributed by atoms with Gasteiger partial charge >= 0.3 is 0 Å². The van der Waals surface area contributed by atoms with Gasteiger partial charge < -0.3 is 18.9 Å². The van der Waals surface area contributed by atoms with Crippen molar-refractivity contribution >= 4 is 16.9 Å². The second-order valence-corrected chi connectivity index (χ2v) is 8.05. The highest BCUT2D eigenvalue weighted by molar-refractivity contribution is 5.81. The third-order valence-corrected chi connectivity index (χ3v) is 5.31. The van der Waals surface area contributed by atoms with E-state index >= 15 is 0 Å². The van der Waals surface area contributed by atoms with Crippen molar-refractivity contribution in [2.45, 2.75) is 51.4 Å². The number of amides is 1. The van der Waals surface area contributed by atoms with E-state index in [1.807, 2.05) is 29.2 Å². The molecular weight excluding hydrogens is 330 g/mol. The number of ether oxygens (including phenoxy) is 2. The van der Waals surface area contributed by atoms with Gasteiger partial charge in [-0.3, -0.25) is 4.79 Å². The minimum absolute atomic E-state index is 0.116. The summed E-state index contributed by atoms with van der Waals surface area (Å²) in [5.41, 5.74) is 1.23. The minimum Gasteiger partial charge on any atom is -0.378 e. The Hall–Kier alpha value is -1.92. The van der Waals surface area contributed by atoms with E-state index in [4.69, 9.17) is 9.47 Å². The molecule has 1 amide bonds. The van der Waals surface area contributed by atoms with Crippen LogP contribution in [0.4, 0.5) is 0 Å². The number of benzene rings is 1. The van der Waals surface area contributed by atoms with Crippen molar-refractivity contribution in [3.05, 3.63) is 30.1 Å². The van der Waals surface area contributed by atoms with Gasteiger partial charge in [-0.05, 0) is 26.0 Å². The molecule has 6 nitrogen and oxygen atoms in total. The number of fused-ring (bicyclic) bond motifs is 1. The highest BCUT2D eigenvalue weighted by Crippen LogP contribution is 2.34. The van der Waals surface area contributed by atoms with Crippen LogP contribution < -0.4 is 0 Å². The van der Waals surface area contributed by atoms with Crippen LogP contribution in [0.2, 0.25) is 0 Å². The molecule has 4 rings (SSSR count). The first-order valence-electron chi connectivity index (χ1n) is 9.41. The predicted octanol–water partition coefficient (Wildman–Crippen LogP) is 2.40. The first-order valence-corrected chi connectivity index (χ1v) is 9.41. The summed E-state index contributed by atoms with van der Waals surface area (Å²) < 4.78 is 13.9. The Morgan fingerprint density at radius 2 is 2.08 bits per heavy atom. The molecule has 1 spiro atoms. The molecule has 2 aliphatic heterocycles. The minimum atomic E-state index is -0.369. The lowest BCUT2D eigenvalue weighted by molar-refractivity contribution is -0.199. The van der Waals surface area contributed by atoms with Crippen LogP contribution in [0.1, 0.15) is 33.0 Å². The zero-order valence-electron chi connectivity index (χ0n) is 15.8. The van der Waals surface area contributed by atoms with Gasteiger partial charge in [0.1, 0.15) is 18.0 Å². The van der Waals surface area contributed by atoms with Crippen LogP contribution in [0.15, 0.2) is 24.3 Å². The predicted molar refractivity (Wildman–Crippen MR) is 99.0 cm³/mol. The summed E-state index contributed by atoms with van der Waals surface area (Å²) in [6, 6.07) is 8.00. The van der Waals surface area contributed by atoms with Crippen molar-refractivity contribution < 1.29 is 14.3 Å². The topological polar surface area (TPSA) is 56.6 Å². The Kier molecular flexibility index (Phi) is 4.28. The van der Waals surface area contributed by atoms with Gasteiger partial charge in [-0.2, -0.15) is 0 Å². The molecular formula is C20H27N3O3. The SMILES string of the molecule is CCc1nc2ccccc2n1CC(=O)N1CC(C)(C)OC2(CCOC2)C1. The molecule has 0 radical (unpaired) electrons. The number of nitrogens with zero attached hydrogens (tertiary/aromatic N) is 3. The van der Waals surface area contributed by atoms with E-state index in [1.165, 1.54) is 0 Å². The molecule has 2 saturated heterocycles. The Morgan fingerprint density at radius 1 is 1.27 bits per heavy atom. The van der Waals surface area contributed by atoms with E-state index in [-0.39, 0.29) is 17.1 Å². The van der Waals surface area contributed by atoms with Crippen LogP contribution in [0.25, 0.3) is 11.0 Å². The Bertz CT molecular complexity index is 821. The van der Waals surface area contributed by atoms with E-state index in [1.54, 1.807) is 0 Å². The van der Waals surface area contributed by atoms with Crippen LogP contribution in [-0.4, -0.2) is 57.9 Å². The molecule has 1 aromatic heterocycles. The summed E-state index contributed by atoms with van der Waals surface area (Å²) in [7, 11) is 0. The van der Waals surface area contributed by atoms with Crippen molar-refractivity contribution in [1.29, 1.82) is 0 Å². The van der Waals surface area contributed by atoms with Crippen molar-refractivity contribution in [1.82, 2.24) is 14.5 Å². The molecule has 2 aromatic rings. The van der Waals surface area contributed by atoms with Gasteiger partial charge in [-0.15, -0.1) is 0 Å². The van der Waals surface area contributed by atoms with Crippen molar-refractivity contribution in [3.63, 3.8) is 0 Å². The van der Waals surface area contributed by atoms with Crippen LogP contribution in [0.5, 0.6) is 0 Å². The normalized spacial score (nSPS) is 25.3.